The predicted octanol–water partition coefficient (Wildman–Crippen LogP) is 3.44. The van der Waals surface area contributed by atoms with E-state index in [0.717, 1.165) is 35.5 Å². The molecule has 0 fully saturated rings. The molecule has 0 aromatic heterocycles. The van der Waals surface area contributed by atoms with Crippen molar-refractivity contribution in [2.75, 3.05) is 20.8 Å². The van der Waals surface area contributed by atoms with Crippen molar-refractivity contribution < 1.29 is 14.3 Å². The van der Waals surface area contributed by atoms with Crippen LogP contribution in [0.15, 0.2) is 42.5 Å². The smallest absolute Gasteiger partial charge is 0.315 e. The number of hydrogen-bond acceptors (Lipinski definition) is 3. The lowest BCUT2D eigenvalue weighted by Crippen LogP contribution is -2.35. The summed E-state index contributed by atoms with van der Waals surface area (Å²) in [4.78, 5) is 11.9. The van der Waals surface area contributed by atoms with Crippen LogP contribution in [0.2, 0.25) is 0 Å². The monoisotopic (exact) mass is 342 g/mol. The first-order valence-corrected chi connectivity index (χ1v) is 8.41. The van der Waals surface area contributed by atoms with E-state index in [-0.39, 0.29) is 6.03 Å². The molecule has 2 amide bonds. The van der Waals surface area contributed by atoms with Crippen LogP contribution in [-0.2, 0) is 13.0 Å². The molecular weight excluding hydrogens is 316 g/mol. The van der Waals surface area contributed by atoms with Crippen LogP contribution >= 0.6 is 0 Å². The largest absolute Gasteiger partial charge is 0.493 e. The van der Waals surface area contributed by atoms with Crippen molar-refractivity contribution in [3.8, 4) is 11.5 Å². The summed E-state index contributed by atoms with van der Waals surface area (Å²) in [6.07, 6.45) is 1.71. The first kappa shape index (κ1) is 18.6. The molecule has 0 aliphatic heterocycles. The Hall–Kier alpha value is -2.69. The molecule has 5 nitrogen and oxygen atoms in total. The van der Waals surface area contributed by atoms with E-state index in [4.69, 9.17) is 9.47 Å². The number of ether oxygens (including phenoxy) is 2. The lowest BCUT2D eigenvalue weighted by Gasteiger charge is -2.11. The van der Waals surface area contributed by atoms with Crippen molar-refractivity contribution in [1.29, 1.82) is 0 Å². The fourth-order valence-corrected chi connectivity index (χ4v) is 2.58. The molecule has 0 radical (unpaired) electrons. The van der Waals surface area contributed by atoms with Gasteiger partial charge in [0.15, 0.2) is 11.5 Å². The van der Waals surface area contributed by atoms with Crippen molar-refractivity contribution >= 4 is 6.03 Å². The first-order valence-electron chi connectivity index (χ1n) is 8.41. The Kier molecular flexibility index (Phi) is 7.14. The highest BCUT2D eigenvalue weighted by Crippen LogP contribution is 2.27. The molecule has 2 aromatic carbocycles. The van der Waals surface area contributed by atoms with Gasteiger partial charge in [-0.25, -0.2) is 4.79 Å². The van der Waals surface area contributed by atoms with Crippen LogP contribution in [0.3, 0.4) is 0 Å². The average molecular weight is 342 g/mol. The minimum Gasteiger partial charge on any atom is -0.493 e. The van der Waals surface area contributed by atoms with Crippen LogP contribution in [0.1, 0.15) is 23.1 Å². The lowest BCUT2D eigenvalue weighted by atomic mass is 10.1. The summed E-state index contributed by atoms with van der Waals surface area (Å²) in [5.74, 6) is 1.45. The standard InChI is InChI=1S/C20H26N2O3/c1-15-7-4-5-9-17(15)14-22-20(23)21-12-6-8-16-10-11-18(24-2)19(13-16)25-3/h4-5,7,9-11,13H,6,8,12,14H2,1-3H3,(H2,21,22,23). The van der Waals surface area contributed by atoms with Crippen molar-refractivity contribution in [2.24, 2.45) is 0 Å². The molecule has 5 heteroatoms. The molecule has 0 atom stereocenters. The molecule has 0 aliphatic carbocycles. The minimum atomic E-state index is -0.143. The van der Waals surface area contributed by atoms with Crippen LogP contribution in [-0.4, -0.2) is 26.8 Å². The number of hydrogen-bond donors (Lipinski definition) is 2. The van der Waals surface area contributed by atoms with Crippen molar-refractivity contribution in [1.82, 2.24) is 10.6 Å². The molecule has 0 heterocycles. The van der Waals surface area contributed by atoms with Crippen LogP contribution in [0.4, 0.5) is 4.79 Å². The van der Waals surface area contributed by atoms with Gasteiger partial charge in [-0.05, 0) is 48.6 Å². The highest BCUT2D eigenvalue weighted by Gasteiger charge is 2.05. The summed E-state index contributed by atoms with van der Waals surface area (Å²) in [6.45, 7) is 3.19. The molecule has 2 rings (SSSR count). The molecule has 2 aromatic rings. The highest BCUT2D eigenvalue weighted by molar-refractivity contribution is 5.73. The number of carbonyl (C=O) groups is 1. The molecule has 0 saturated carbocycles. The normalized spacial score (nSPS) is 10.2. The minimum absolute atomic E-state index is 0.143. The second-order valence-corrected chi connectivity index (χ2v) is 5.83. The van der Waals surface area contributed by atoms with Gasteiger partial charge in [-0.2, -0.15) is 0 Å². The second-order valence-electron chi connectivity index (χ2n) is 5.83. The van der Waals surface area contributed by atoms with Gasteiger partial charge >= 0.3 is 6.03 Å². The number of amides is 2. The fourth-order valence-electron chi connectivity index (χ4n) is 2.58. The number of urea groups is 1. The first-order chi connectivity index (χ1) is 12.1. The van der Waals surface area contributed by atoms with Gasteiger partial charge in [0, 0.05) is 13.1 Å². The molecule has 25 heavy (non-hydrogen) atoms. The maximum Gasteiger partial charge on any atom is 0.315 e. The van der Waals surface area contributed by atoms with Crippen molar-refractivity contribution in [3.05, 3.63) is 59.2 Å². The van der Waals surface area contributed by atoms with Crippen LogP contribution < -0.4 is 20.1 Å². The molecule has 0 saturated heterocycles. The second kappa shape index (κ2) is 9.57. The number of rotatable bonds is 8. The molecule has 134 valence electrons. The Bertz CT molecular complexity index is 701. The summed E-state index contributed by atoms with van der Waals surface area (Å²) in [5, 5.41) is 5.77. The van der Waals surface area contributed by atoms with E-state index in [1.807, 2.05) is 49.4 Å². The summed E-state index contributed by atoms with van der Waals surface area (Å²) >= 11 is 0. The van der Waals surface area contributed by atoms with E-state index in [2.05, 4.69) is 10.6 Å². The van der Waals surface area contributed by atoms with Gasteiger partial charge in [0.05, 0.1) is 14.2 Å². The molecule has 2 N–H and O–H groups in total. The van der Waals surface area contributed by atoms with Gasteiger partial charge in [0.1, 0.15) is 0 Å². The number of nitrogens with one attached hydrogen (secondary N) is 2. The average Bonchev–Trinajstić information content (AvgIpc) is 2.64. The van der Waals surface area contributed by atoms with Crippen LogP contribution in [0, 0.1) is 6.92 Å². The number of methoxy groups -OCH3 is 2. The van der Waals surface area contributed by atoms with Crippen LogP contribution in [0.25, 0.3) is 0 Å². The zero-order valence-corrected chi connectivity index (χ0v) is 15.1. The van der Waals surface area contributed by atoms with Gasteiger partial charge in [-0.1, -0.05) is 30.3 Å². The van der Waals surface area contributed by atoms with E-state index < -0.39 is 0 Å². The quantitative estimate of drug-likeness (QED) is 0.723. The van der Waals surface area contributed by atoms with Gasteiger partial charge < -0.3 is 20.1 Å². The third-order valence-corrected chi connectivity index (χ3v) is 4.08. The van der Waals surface area contributed by atoms with Gasteiger partial charge in [-0.3, -0.25) is 0 Å². The molecule has 0 unspecified atom stereocenters. The zero-order valence-electron chi connectivity index (χ0n) is 15.1. The fraction of sp³-hybridized carbons (Fsp3) is 0.350. The van der Waals surface area contributed by atoms with Crippen molar-refractivity contribution in [3.63, 3.8) is 0 Å². The molecule has 0 bridgehead atoms. The predicted molar refractivity (Wildman–Crippen MR) is 99.3 cm³/mol. The lowest BCUT2D eigenvalue weighted by molar-refractivity contribution is 0.240. The molecular formula is C20H26N2O3. The summed E-state index contributed by atoms with van der Waals surface area (Å²) in [7, 11) is 3.25. The maximum absolute atomic E-state index is 11.9. The van der Waals surface area contributed by atoms with Gasteiger partial charge in [0.2, 0.25) is 0 Å². The van der Waals surface area contributed by atoms with Crippen molar-refractivity contribution in [2.45, 2.75) is 26.3 Å². The third kappa shape index (κ3) is 5.71. The summed E-state index contributed by atoms with van der Waals surface area (Å²) in [6, 6.07) is 13.8. The Morgan fingerprint density at radius 3 is 2.48 bits per heavy atom. The Morgan fingerprint density at radius 2 is 1.76 bits per heavy atom. The van der Waals surface area contributed by atoms with Gasteiger partial charge in [0.25, 0.3) is 0 Å². The molecule has 0 spiro atoms. The van der Waals surface area contributed by atoms with E-state index in [1.165, 1.54) is 5.56 Å². The zero-order chi connectivity index (χ0) is 18.1. The Balaban J connectivity index is 1.70. The third-order valence-electron chi connectivity index (χ3n) is 4.08. The van der Waals surface area contributed by atoms with Crippen LogP contribution in [0.5, 0.6) is 11.5 Å². The van der Waals surface area contributed by atoms with Gasteiger partial charge in [-0.15, -0.1) is 0 Å². The molecule has 0 aliphatic rings. The van der Waals surface area contributed by atoms with E-state index in [0.29, 0.717) is 13.1 Å². The summed E-state index contributed by atoms with van der Waals surface area (Å²) < 4.78 is 10.5. The number of aryl methyl sites for hydroxylation is 2. The SMILES string of the molecule is COc1ccc(CCCNC(=O)NCc2ccccc2C)cc1OC. The number of benzene rings is 2. The maximum atomic E-state index is 11.9. The van der Waals surface area contributed by atoms with E-state index in [1.54, 1.807) is 14.2 Å². The Labute approximate surface area is 149 Å². The van der Waals surface area contributed by atoms with E-state index >= 15 is 0 Å². The Morgan fingerprint density at radius 1 is 1.00 bits per heavy atom. The summed E-state index contributed by atoms with van der Waals surface area (Å²) in [5.41, 5.74) is 3.46. The number of carbonyl (C=O) groups excluding carboxylic acids is 1. The topological polar surface area (TPSA) is 59.6 Å². The van der Waals surface area contributed by atoms with E-state index in [9.17, 15) is 4.79 Å². The highest BCUT2D eigenvalue weighted by atomic mass is 16.5.